The van der Waals surface area contributed by atoms with Gasteiger partial charge in [0.1, 0.15) is 6.10 Å². The van der Waals surface area contributed by atoms with Crippen molar-refractivity contribution in [1.29, 1.82) is 0 Å². The summed E-state index contributed by atoms with van der Waals surface area (Å²) in [5, 5.41) is 19.6. The highest BCUT2D eigenvalue weighted by Gasteiger charge is 2.47. The van der Waals surface area contributed by atoms with Crippen LogP contribution in [0.5, 0.6) is 0 Å². The average molecular weight is 580 g/mol. The maximum Gasteiger partial charge on any atom is 0.315 e. The fourth-order valence-electron chi connectivity index (χ4n) is 7.08. The summed E-state index contributed by atoms with van der Waals surface area (Å²) in [6, 6.07) is -0.996. The van der Waals surface area contributed by atoms with Crippen LogP contribution in [-0.2, 0) is 19.1 Å². The fraction of sp³-hybridized carbons (Fsp3) is 0.906. The van der Waals surface area contributed by atoms with Crippen molar-refractivity contribution < 1.29 is 29.0 Å². The molecule has 41 heavy (non-hydrogen) atoms. The summed E-state index contributed by atoms with van der Waals surface area (Å²) < 4.78 is 11.8. The van der Waals surface area contributed by atoms with Crippen LogP contribution in [0.1, 0.15) is 137 Å². The molecule has 4 atom stereocenters. The van der Waals surface area contributed by atoms with E-state index in [0.29, 0.717) is 6.61 Å². The van der Waals surface area contributed by atoms with Crippen LogP contribution in [0.4, 0.5) is 4.79 Å². The number of carbonyl (C=O) groups is 3. The van der Waals surface area contributed by atoms with Crippen molar-refractivity contribution in [2.45, 2.75) is 167 Å². The Labute approximate surface area is 247 Å². The molecule has 1 saturated heterocycles. The number of carboxylic acid groups (broad SMARTS) is 1. The molecule has 3 aliphatic rings. The Kier molecular flexibility index (Phi) is 12.3. The van der Waals surface area contributed by atoms with Crippen molar-refractivity contribution in [3.05, 3.63) is 0 Å². The van der Waals surface area contributed by atoms with Crippen LogP contribution < -0.4 is 16.0 Å². The molecule has 0 radical (unpaired) electrons. The number of aliphatic carboxylic acids is 1. The van der Waals surface area contributed by atoms with Gasteiger partial charge >= 0.3 is 12.0 Å². The second-order valence-corrected chi connectivity index (χ2v) is 14.0. The first kappa shape index (κ1) is 33.6. The molecule has 9 heteroatoms. The standard InChI is InChI=1S/C32H57N3O6/c1-6-7-8-13-18-32(19-14-10-15-20-32)35-29(39)34-24-17-12-9-11-16-23(24)25(21-26(36)37)33-28(38)27-30(2,3)22-40-31(4,5)41-27/h23-25,27H,6-22H2,1-5H3,(H,33,38)(H,36,37)(H2,34,35,39). The molecular formula is C32H57N3O6. The highest BCUT2D eigenvalue weighted by atomic mass is 16.7. The van der Waals surface area contributed by atoms with Crippen LogP contribution in [-0.4, -0.2) is 59.1 Å². The molecule has 1 heterocycles. The minimum Gasteiger partial charge on any atom is -0.481 e. The predicted molar refractivity (Wildman–Crippen MR) is 159 cm³/mol. The number of nitrogens with one attached hydrogen (secondary N) is 3. The minimum atomic E-state index is -0.969. The molecule has 0 spiro atoms. The lowest BCUT2D eigenvalue weighted by molar-refractivity contribution is -0.304. The topological polar surface area (TPSA) is 126 Å². The van der Waals surface area contributed by atoms with E-state index in [9.17, 15) is 19.5 Å². The van der Waals surface area contributed by atoms with Crippen LogP contribution in [0, 0.1) is 11.3 Å². The Hall–Kier alpha value is -1.87. The highest BCUT2D eigenvalue weighted by molar-refractivity contribution is 5.83. The van der Waals surface area contributed by atoms with Gasteiger partial charge < -0.3 is 30.5 Å². The number of unbranched alkanes of at least 4 members (excludes halogenated alkanes) is 3. The Morgan fingerprint density at radius 1 is 0.927 bits per heavy atom. The molecule has 0 aromatic heterocycles. The normalized spacial score (nSPS) is 28.1. The maximum absolute atomic E-state index is 13.6. The van der Waals surface area contributed by atoms with Gasteiger partial charge in [-0.05, 0) is 46.0 Å². The largest absolute Gasteiger partial charge is 0.481 e. The molecule has 9 nitrogen and oxygen atoms in total. The summed E-state index contributed by atoms with van der Waals surface area (Å²) >= 11 is 0. The van der Waals surface area contributed by atoms with Crippen molar-refractivity contribution in [1.82, 2.24) is 16.0 Å². The molecule has 3 fully saturated rings. The lowest BCUT2D eigenvalue weighted by Crippen LogP contribution is -2.60. The Balaban J connectivity index is 1.74. The van der Waals surface area contributed by atoms with E-state index in [1.165, 1.54) is 25.7 Å². The minimum absolute atomic E-state index is 0.157. The summed E-state index contributed by atoms with van der Waals surface area (Å²) in [5.74, 6) is -2.39. The van der Waals surface area contributed by atoms with E-state index >= 15 is 0 Å². The molecule has 3 amide bonds. The molecule has 4 N–H and O–H groups in total. The Morgan fingerprint density at radius 2 is 1.61 bits per heavy atom. The first-order chi connectivity index (χ1) is 19.4. The third-order valence-electron chi connectivity index (χ3n) is 9.46. The summed E-state index contributed by atoms with van der Waals surface area (Å²) in [4.78, 5) is 39.2. The van der Waals surface area contributed by atoms with E-state index in [1.807, 2.05) is 13.8 Å². The van der Waals surface area contributed by atoms with Gasteiger partial charge in [0.15, 0.2) is 5.79 Å². The van der Waals surface area contributed by atoms with Gasteiger partial charge in [-0.1, -0.05) is 85.0 Å². The molecule has 236 valence electrons. The van der Waals surface area contributed by atoms with Gasteiger partial charge in [0.05, 0.1) is 13.0 Å². The van der Waals surface area contributed by atoms with Gasteiger partial charge in [0.25, 0.3) is 0 Å². The number of urea groups is 1. The number of rotatable bonds is 12. The van der Waals surface area contributed by atoms with Gasteiger partial charge in [0, 0.05) is 29.0 Å². The van der Waals surface area contributed by atoms with Gasteiger partial charge in [-0.2, -0.15) is 0 Å². The first-order valence-electron chi connectivity index (χ1n) is 16.3. The lowest BCUT2D eigenvalue weighted by atomic mass is 9.78. The van der Waals surface area contributed by atoms with Crippen LogP contribution in [0.3, 0.4) is 0 Å². The Morgan fingerprint density at radius 3 is 2.29 bits per heavy atom. The Bertz CT molecular complexity index is 869. The highest BCUT2D eigenvalue weighted by Crippen LogP contribution is 2.36. The van der Waals surface area contributed by atoms with Gasteiger partial charge in [0.2, 0.25) is 5.91 Å². The smallest absolute Gasteiger partial charge is 0.315 e. The number of carboxylic acids is 1. The predicted octanol–water partition coefficient (Wildman–Crippen LogP) is 6.05. The summed E-state index contributed by atoms with van der Waals surface area (Å²) in [7, 11) is 0. The number of ether oxygens (including phenoxy) is 2. The third kappa shape index (κ3) is 10.1. The second-order valence-electron chi connectivity index (χ2n) is 14.0. The monoisotopic (exact) mass is 579 g/mol. The van der Waals surface area contributed by atoms with E-state index in [0.717, 1.165) is 70.6 Å². The molecule has 1 aliphatic heterocycles. The fourth-order valence-corrected chi connectivity index (χ4v) is 7.08. The number of hydrogen-bond acceptors (Lipinski definition) is 5. The number of hydrogen-bond donors (Lipinski definition) is 4. The van der Waals surface area contributed by atoms with Crippen LogP contribution in [0.2, 0.25) is 0 Å². The molecule has 4 unspecified atom stereocenters. The van der Waals surface area contributed by atoms with E-state index in [-0.39, 0.29) is 35.9 Å². The van der Waals surface area contributed by atoms with Crippen LogP contribution >= 0.6 is 0 Å². The van der Waals surface area contributed by atoms with Crippen molar-refractivity contribution >= 4 is 17.9 Å². The molecule has 2 aliphatic carbocycles. The average Bonchev–Trinajstić information content (AvgIpc) is 3.13. The van der Waals surface area contributed by atoms with E-state index in [2.05, 4.69) is 22.9 Å². The zero-order valence-electron chi connectivity index (χ0n) is 26.3. The van der Waals surface area contributed by atoms with Crippen LogP contribution in [0.15, 0.2) is 0 Å². The SMILES string of the molecule is CCCCCCC1(NC(=O)NC2CCCCCC2C(CC(=O)O)NC(=O)C2OC(C)(C)OCC2(C)C)CCCCC1. The summed E-state index contributed by atoms with van der Waals surface area (Å²) in [6.45, 7) is 9.97. The van der Waals surface area contributed by atoms with Gasteiger partial charge in [-0.15, -0.1) is 0 Å². The van der Waals surface area contributed by atoms with Crippen LogP contribution in [0.25, 0.3) is 0 Å². The van der Waals surface area contributed by atoms with E-state index in [1.54, 1.807) is 13.8 Å². The summed E-state index contributed by atoms with van der Waals surface area (Å²) in [5.41, 5.74) is -0.733. The lowest BCUT2D eigenvalue weighted by Gasteiger charge is -2.45. The molecule has 0 bridgehead atoms. The molecule has 0 aromatic carbocycles. The molecule has 0 aromatic rings. The number of amides is 3. The van der Waals surface area contributed by atoms with Gasteiger partial charge in [-0.25, -0.2) is 4.79 Å². The molecular weight excluding hydrogens is 522 g/mol. The van der Waals surface area contributed by atoms with Crippen molar-refractivity contribution in [2.75, 3.05) is 6.61 Å². The van der Waals surface area contributed by atoms with E-state index in [4.69, 9.17) is 9.47 Å². The van der Waals surface area contributed by atoms with E-state index < -0.39 is 29.3 Å². The van der Waals surface area contributed by atoms with Gasteiger partial charge in [-0.3, -0.25) is 9.59 Å². The van der Waals surface area contributed by atoms with Crippen molar-refractivity contribution in [3.8, 4) is 0 Å². The van der Waals surface area contributed by atoms with Crippen molar-refractivity contribution in [2.24, 2.45) is 11.3 Å². The zero-order valence-corrected chi connectivity index (χ0v) is 26.3. The first-order valence-corrected chi connectivity index (χ1v) is 16.3. The quantitative estimate of drug-likeness (QED) is 0.165. The molecule has 2 saturated carbocycles. The molecule has 3 rings (SSSR count). The third-order valence-corrected chi connectivity index (χ3v) is 9.46. The summed E-state index contributed by atoms with van der Waals surface area (Å²) in [6.07, 6.45) is 14.7. The van der Waals surface area contributed by atoms with Crippen molar-refractivity contribution in [3.63, 3.8) is 0 Å². The second kappa shape index (κ2) is 15.0. The number of carbonyl (C=O) groups excluding carboxylic acids is 2. The maximum atomic E-state index is 13.6. The zero-order chi connectivity index (χ0) is 30.1.